The predicted octanol–water partition coefficient (Wildman–Crippen LogP) is 2.39. The zero-order chi connectivity index (χ0) is 14.8. The van der Waals surface area contributed by atoms with E-state index < -0.39 is 10.0 Å². The summed E-state index contributed by atoms with van der Waals surface area (Å²) in [5.74, 6) is -0.534. The molecule has 2 N–H and O–H groups in total. The molecule has 4 nitrogen and oxygen atoms in total. The fraction of sp³-hybridized carbons (Fsp3) is 0.286. The molecule has 0 fully saturated rings. The van der Waals surface area contributed by atoms with Crippen LogP contribution < -0.4 is 4.72 Å². The van der Waals surface area contributed by atoms with Crippen LogP contribution in [0.25, 0.3) is 0 Å². The lowest BCUT2D eigenvalue weighted by atomic mass is 10.2. The molecule has 6 heteroatoms. The van der Waals surface area contributed by atoms with E-state index in [2.05, 4.69) is 9.71 Å². The molecule has 0 spiro atoms. The van der Waals surface area contributed by atoms with Crippen molar-refractivity contribution in [1.29, 1.82) is 0 Å². The Morgan fingerprint density at radius 3 is 2.40 bits per heavy atom. The lowest BCUT2D eigenvalue weighted by Gasteiger charge is -2.06. The average molecular weight is 296 g/mol. The van der Waals surface area contributed by atoms with Crippen molar-refractivity contribution in [1.82, 2.24) is 9.71 Å². The summed E-state index contributed by atoms with van der Waals surface area (Å²) in [5, 5.41) is 0. The van der Waals surface area contributed by atoms with E-state index in [1.54, 1.807) is 0 Å². The predicted molar refractivity (Wildman–Crippen MR) is 76.1 cm³/mol. The van der Waals surface area contributed by atoms with Gasteiger partial charge in [-0.3, -0.25) is 0 Å². The van der Waals surface area contributed by atoms with Gasteiger partial charge >= 0.3 is 0 Å². The molecule has 2 aromatic rings. The molecule has 1 heterocycles. The molecule has 0 bridgehead atoms. The van der Waals surface area contributed by atoms with E-state index in [1.165, 1.54) is 24.3 Å². The maximum absolute atomic E-state index is 12.8. The quantitative estimate of drug-likeness (QED) is 0.890. The molecule has 0 saturated carbocycles. The Bertz CT molecular complexity index is 690. The third kappa shape index (κ3) is 3.91. The molecule has 0 amide bonds. The Balaban J connectivity index is 2.01. The number of aryl methyl sites for hydroxylation is 2. The Kier molecular flexibility index (Phi) is 4.25. The fourth-order valence-electron chi connectivity index (χ4n) is 2.00. The molecule has 0 saturated heterocycles. The van der Waals surface area contributed by atoms with E-state index in [9.17, 15) is 12.8 Å². The standard InChI is InChI=1S/C14H17FN2O2S/c1-10-7-13(11(2)17-10)8-16-20(18,19)9-12-3-5-14(15)6-4-12/h3-7,16-17H,8-9H2,1-2H3. The molecule has 0 aliphatic rings. The van der Waals surface area contributed by atoms with Crippen LogP contribution in [0.4, 0.5) is 4.39 Å². The summed E-state index contributed by atoms with van der Waals surface area (Å²) in [4.78, 5) is 3.12. The summed E-state index contributed by atoms with van der Waals surface area (Å²) in [6.45, 7) is 4.07. The van der Waals surface area contributed by atoms with E-state index in [4.69, 9.17) is 0 Å². The molecule has 0 aliphatic carbocycles. The third-order valence-corrected chi connectivity index (χ3v) is 4.31. The van der Waals surface area contributed by atoms with Crippen molar-refractivity contribution in [2.75, 3.05) is 0 Å². The second kappa shape index (κ2) is 5.76. The molecule has 0 unspecified atom stereocenters. The average Bonchev–Trinajstić information content (AvgIpc) is 2.68. The van der Waals surface area contributed by atoms with E-state index in [0.717, 1.165) is 17.0 Å². The number of aromatic nitrogens is 1. The summed E-state index contributed by atoms with van der Waals surface area (Å²) in [7, 11) is -3.44. The Morgan fingerprint density at radius 1 is 1.20 bits per heavy atom. The van der Waals surface area contributed by atoms with Crippen LogP contribution in [0.15, 0.2) is 30.3 Å². The first-order valence-corrected chi connectivity index (χ1v) is 7.88. The molecule has 0 atom stereocenters. The van der Waals surface area contributed by atoms with Gasteiger partial charge in [-0.25, -0.2) is 17.5 Å². The molecular formula is C14H17FN2O2S. The van der Waals surface area contributed by atoms with Gasteiger partial charge in [0, 0.05) is 17.9 Å². The number of rotatable bonds is 5. The minimum absolute atomic E-state index is 0.157. The van der Waals surface area contributed by atoms with E-state index in [0.29, 0.717) is 5.56 Å². The third-order valence-electron chi connectivity index (χ3n) is 3.01. The smallest absolute Gasteiger partial charge is 0.216 e. The number of H-pyrrole nitrogens is 1. The summed E-state index contributed by atoms with van der Waals surface area (Å²) < 4.78 is 39.2. The molecule has 0 radical (unpaired) electrons. The normalized spacial score (nSPS) is 11.8. The van der Waals surface area contributed by atoms with Crippen molar-refractivity contribution in [3.05, 3.63) is 58.7 Å². The van der Waals surface area contributed by atoms with Crippen molar-refractivity contribution in [2.24, 2.45) is 0 Å². The zero-order valence-electron chi connectivity index (χ0n) is 11.4. The van der Waals surface area contributed by atoms with E-state index in [-0.39, 0.29) is 18.1 Å². The van der Waals surface area contributed by atoms with Crippen LogP contribution in [-0.2, 0) is 22.3 Å². The fourth-order valence-corrected chi connectivity index (χ4v) is 3.11. The number of benzene rings is 1. The van der Waals surface area contributed by atoms with Gasteiger partial charge in [0.25, 0.3) is 0 Å². The van der Waals surface area contributed by atoms with Crippen LogP contribution in [0.2, 0.25) is 0 Å². The van der Waals surface area contributed by atoms with Gasteiger partial charge in [0.15, 0.2) is 0 Å². The lowest BCUT2D eigenvalue weighted by Crippen LogP contribution is -2.24. The Labute approximate surface area is 118 Å². The van der Waals surface area contributed by atoms with E-state index >= 15 is 0 Å². The van der Waals surface area contributed by atoms with Gasteiger partial charge in [0.05, 0.1) is 5.75 Å². The molecular weight excluding hydrogens is 279 g/mol. The number of aromatic amines is 1. The van der Waals surface area contributed by atoms with Crippen molar-refractivity contribution >= 4 is 10.0 Å². The Morgan fingerprint density at radius 2 is 1.85 bits per heavy atom. The van der Waals surface area contributed by atoms with Gasteiger partial charge < -0.3 is 4.98 Å². The SMILES string of the molecule is Cc1cc(CNS(=O)(=O)Cc2ccc(F)cc2)c(C)[nH]1. The molecule has 2 rings (SSSR count). The monoisotopic (exact) mass is 296 g/mol. The highest BCUT2D eigenvalue weighted by Crippen LogP contribution is 2.11. The topological polar surface area (TPSA) is 62.0 Å². The van der Waals surface area contributed by atoms with Crippen molar-refractivity contribution in [3.63, 3.8) is 0 Å². The summed E-state index contributed by atoms with van der Waals surface area (Å²) in [5.41, 5.74) is 3.42. The zero-order valence-corrected chi connectivity index (χ0v) is 12.2. The first-order valence-electron chi connectivity index (χ1n) is 6.22. The van der Waals surface area contributed by atoms with Crippen LogP contribution in [-0.4, -0.2) is 13.4 Å². The van der Waals surface area contributed by atoms with Crippen LogP contribution in [0.3, 0.4) is 0 Å². The lowest BCUT2D eigenvalue weighted by molar-refractivity contribution is 0.580. The van der Waals surface area contributed by atoms with Crippen LogP contribution in [0.1, 0.15) is 22.5 Å². The van der Waals surface area contributed by atoms with Crippen molar-refractivity contribution in [2.45, 2.75) is 26.1 Å². The number of halogens is 1. The second-order valence-corrected chi connectivity index (χ2v) is 6.62. The number of sulfonamides is 1. The second-order valence-electron chi connectivity index (χ2n) is 4.81. The van der Waals surface area contributed by atoms with Crippen LogP contribution in [0.5, 0.6) is 0 Å². The van der Waals surface area contributed by atoms with Gasteiger partial charge in [-0.15, -0.1) is 0 Å². The molecule has 0 aliphatic heterocycles. The van der Waals surface area contributed by atoms with Gasteiger partial charge in [0.1, 0.15) is 5.82 Å². The maximum Gasteiger partial charge on any atom is 0.216 e. The minimum atomic E-state index is -3.44. The van der Waals surface area contributed by atoms with Gasteiger partial charge in [-0.05, 0) is 43.2 Å². The van der Waals surface area contributed by atoms with Gasteiger partial charge in [-0.2, -0.15) is 0 Å². The van der Waals surface area contributed by atoms with Crippen LogP contribution in [0, 0.1) is 19.7 Å². The molecule has 1 aromatic heterocycles. The minimum Gasteiger partial charge on any atom is -0.362 e. The van der Waals surface area contributed by atoms with Crippen molar-refractivity contribution < 1.29 is 12.8 Å². The Hall–Kier alpha value is -1.66. The highest BCUT2D eigenvalue weighted by atomic mass is 32.2. The number of hydrogen-bond donors (Lipinski definition) is 2. The number of nitrogens with one attached hydrogen (secondary N) is 2. The van der Waals surface area contributed by atoms with Crippen LogP contribution >= 0.6 is 0 Å². The highest BCUT2D eigenvalue weighted by Gasteiger charge is 2.12. The highest BCUT2D eigenvalue weighted by molar-refractivity contribution is 7.88. The summed E-state index contributed by atoms with van der Waals surface area (Å²) in [6, 6.07) is 7.37. The largest absolute Gasteiger partial charge is 0.362 e. The van der Waals surface area contributed by atoms with E-state index in [1.807, 2.05) is 19.9 Å². The first-order chi connectivity index (χ1) is 9.35. The summed E-state index contributed by atoms with van der Waals surface area (Å²) >= 11 is 0. The van der Waals surface area contributed by atoms with Crippen molar-refractivity contribution in [3.8, 4) is 0 Å². The van der Waals surface area contributed by atoms with Gasteiger partial charge in [-0.1, -0.05) is 12.1 Å². The molecule has 1 aromatic carbocycles. The molecule has 108 valence electrons. The summed E-state index contributed by atoms with van der Waals surface area (Å²) in [6.07, 6.45) is 0. The van der Waals surface area contributed by atoms with Gasteiger partial charge in [0.2, 0.25) is 10.0 Å². The molecule has 20 heavy (non-hydrogen) atoms. The number of hydrogen-bond acceptors (Lipinski definition) is 2. The first kappa shape index (κ1) is 14.7. The maximum atomic E-state index is 12.8.